The molecule has 0 saturated heterocycles. The summed E-state index contributed by atoms with van der Waals surface area (Å²) in [6.45, 7) is 3.99. The number of nitrogens with zero attached hydrogens (tertiary/aromatic N) is 1. The van der Waals surface area contributed by atoms with Crippen LogP contribution in [0, 0.1) is 0 Å². The molecule has 0 aliphatic heterocycles. The molecule has 0 aromatic rings. The molecule has 58 heavy (non-hydrogen) atoms. The summed E-state index contributed by atoms with van der Waals surface area (Å²) in [5.41, 5.74) is 0. The van der Waals surface area contributed by atoms with Crippen LogP contribution in [0.25, 0.3) is 0 Å². The van der Waals surface area contributed by atoms with E-state index in [1.54, 1.807) is 0 Å². The highest BCUT2D eigenvalue weighted by Gasteiger charge is 2.21. The Balaban J connectivity index is 4.52. The van der Waals surface area contributed by atoms with E-state index in [2.05, 4.69) is 86.8 Å². The molecule has 0 saturated carbocycles. The van der Waals surface area contributed by atoms with Crippen molar-refractivity contribution in [1.29, 1.82) is 0 Å². The number of quaternary nitrogens is 1. The minimum atomic E-state index is -4.65. The van der Waals surface area contributed by atoms with Crippen LogP contribution in [0.2, 0.25) is 0 Å². The Morgan fingerprint density at radius 3 is 1.53 bits per heavy atom. The van der Waals surface area contributed by atoms with Gasteiger partial charge in [-0.1, -0.05) is 150 Å². The molecule has 0 heterocycles. The van der Waals surface area contributed by atoms with Crippen LogP contribution in [0.1, 0.15) is 155 Å². The Labute approximate surface area is 354 Å². The molecule has 0 radical (unpaired) electrons. The van der Waals surface area contributed by atoms with Gasteiger partial charge in [-0.15, -0.1) is 0 Å². The molecule has 0 N–H and O–H groups in total. The van der Waals surface area contributed by atoms with Crippen LogP contribution >= 0.6 is 7.82 Å². The summed E-state index contributed by atoms with van der Waals surface area (Å²) in [6.07, 6.45) is 50.5. The maximum absolute atomic E-state index is 12.6. The van der Waals surface area contributed by atoms with Crippen LogP contribution in [-0.2, 0) is 32.7 Å². The Hall–Kier alpha value is -2.81. The summed E-state index contributed by atoms with van der Waals surface area (Å²) in [5.74, 6) is -0.950. The zero-order chi connectivity index (χ0) is 42.8. The second-order valence-electron chi connectivity index (χ2n) is 15.7. The van der Waals surface area contributed by atoms with Gasteiger partial charge in [-0.2, -0.15) is 0 Å². The largest absolute Gasteiger partial charge is 0.756 e. The monoisotopic (exact) mass is 832 g/mol. The molecule has 9 nitrogen and oxygen atoms in total. The van der Waals surface area contributed by atoms with Crippen molar-refractivity contribution < 1.29 is 42.1 Å². The molecule has 0 spiro atoms. The number of ether oxygens (including phenoxy) is 2. The molecular formula is C48H82NO8P. The van der Waals surface area contributed by atoms with Crippen molar-refractivity contribution in [2.24, 2.45) is 0 Å². The van der Waals surface area contributed by atoms with Gasteiger partial charge in [-0.05, 0) is 77.0 Å². The number of rotatable bonds is 39. The van der Waals surface area contributed by atoms with Crippen LogP contribution in [0.4, 0.5) is 0 Å². The van der Waals surface area contributed by atoms with Gasteiger partial charge in [0.2, 0.25) is 0 Å². The van der Waals surface area contributed by atoms with Crippen LogP contribution < -0.4 is 4.89 Å². The van der Waals surface area contributed by atoms with E-state index in [0.717, 1.165) is 70.6 Å². The fourth-order valence-corrected chi connectivity index (χ4v) is 6.17. The molecule has 1 unspecified atom stereocenters. The highest BCUT2D eigenvalue weighted by Crippen LogP contribution is 2.38. The minimum Gasteiger partial charge on any atom is -0.756 e. The van der Waals surface area contributed by atoms with E-state index in [-0.39, 0.29) is 26.1 Å². The summed E-state index contributed by atoms with van der Waals surface area (Å²) in [7, 11) is 1.10. The first-order valence-electron chi connectivity index (χ1n) is 22.3. The van der Waals surface area contributed by atoms with Crippen molar-refractivity contribution in [3.63, 3.8) is 0 Å². The summed E-state index contributed by atoms with van der Waals surface area (Å²) < 4.78 is 33.8. The predicted octanol–water partition coefficient (Wildman–Crippen LogP) is 12.2. The average molecular weight is 832 g/mol. The van der Waals surface area contributed by atoms with E-state index in [9.17, 15) is 19.0 Å². The molecule has 0 aromatic carbocycles. The van der Waals surface area contributed by atoms with Crippen molar-refractivity contribution in [3.8, 4) is 0 Å². The third-order valence-electron chi connectivity index (χ3n) is 8.91. The zero-order valence-electron chi connectivity index (χ0n) is 37.2. The van der Waals surface area contributed by atoms with E-state index < -0.39 is 32.5 Å². The number of likely N-dealkylation sites (N-methyl/N-ethyl adjacent to an activating group) is 1. The maximum atomic E-state index is 12.6. The van der Waals surface area contributed by atoms with Crippen LogP contribution in [0.5, 0.6) is 0 Å². The van der Waals surface area contributed by atoms with Crippen LogP contribution in [-0.4, -0.2) is 70.0 Å². The third-order valence-corrected chi connectivity index (χ3v) is 9.88. The van der Waals surface area contributed by atoms with Crippen molar-refractivity contribution in [1.82, 2.24) is 0 Å². The van der Waals surface area contributed by atoms with E-state index in [0.29, 0.717) is 23.9 Å². The van der Waals surface area contributed by atoms with E-state index in [4.69, 9.17) is 18.5 Å². The Bertz CT molecular complexity index is 1260. The van der Waals surface area contributed by atoms with Crippen molar-refractivity contribution >= 4 is 19.8 Å². The molecule has 0 fully saturated rings. The lowest BCUT2D eigenvalue weighted by molar-refractivity contribution is -0.870. The zero-order valence-corrected chi connectivity index (χ0v) is 38.1. The van der Waals surface area contributed by atoms with Gasteiger partial charge in [-0.25, -0.2) is 0 Å². The highest BCUT2D eigenvalue weighted by atomic mass is 31.2. The number of esters is 2. The predicted molar refractivity (Wildman–Crippen MR) is 240 cm³/mol. The van der Waals surface area contributed by atoms with Crippen LogP contribution in [0.3, 0.4) is 0 Å². The van der Waals surface area contributed by atoms with Gasteiger partial charge in [0.05, 0.1) is 27.7 Å². The number of hydrogen-bond donors (Lipinski definition) is 0. The second kappa shape index (κ2) is 39.6. The molecule has 332 valence electrons. The summed E-state index contributed by atoms with van der Waals surface area (Å²) >= 11 is 0. The molecule has 0 aromatic heterocycles. The summed E-state index contributed by atoms with van der Waals surface area (Å²) in [4.78, 5) is 37.5. The van der Waals surface area contributed by atoms with Gasteiger partial charge in [-0.3, -0.25) is 14.2 Å². The normalized spacial score (nSPS) is 14.4. The van der Waals surface area contributed by atoms with Crippen LogP contribution in [0.15, 0.2) is 85.1 Å². The quantitative estimate of drug-likeness (QED) is 0.0198. The maximum Gasteiger partial charge on any atom is 0.306 e. The molecule has 2 atom stereocenters. The van der Waals surface area contributed by atoms with E-state index in [1.807, 2.05) is 33.3 Å². The summed E-state index contributed by atoms with van der Waals surface area (Å²) in [5, 5.41) is 0. The number of phosphoric acid groups is 1. The van der Waals surface area contributed by atoms with Gasteiger partial charge in [0.15, 0.2) is 6.10 Å². The fraction of sp³-hybridized carbons (Fsp3) is 0.667. The lowest BCUT2D eigenvalue weighted by Gasteiger charge is -2.28. The number of allylic oxidation sites excluding steroid dienone is 14. The molecular weight excluding hydrogens is 750 g/mol. The third kappa shape index (κ3) is 42.8. The first-order valence-corrected chi connectivity index (χ1v) is 23.8. The fourth-order valence-electron chi connectivity index (χ4n) is 5.44. The van der Waals surface area contributed by atoms with Crippen molar-refractivity contribution in [2.45, 2.75) is 161 Å². The molecule has 0 bridgehead atoms. The second-order valence-corrected chi connectivity index (χ2v) is 17.1. The van der Waals surface area contributed by atoms with Crippen molar-refractivity contribution in [3.05, 3.63) is 85.1 Å². The average Bonchev–Trinajstić information content (AvgIpc) is 3.17. The lowest BCUT2D eigenvalue weighted by atomic mass is 10.1. The van der Waals surface area contributed by atoms with Crippen molar-refractivity contribution in [2.75, 3.05) is 47.5 Å². The molecule has 0 rings (SSSR count). The van der Waals surface area contributed by atoms with Gasteiger partial charge in [0.1, 0.15) is 19.8 Å². The van der Waals surface area contributed by atoms with E-state index in [1.165, 1.54) is 44.9 Å². The first-order chi connectivity index (χ1) is 28.0. The molecule has 0 amide bonds. The first kappa shape index (κ1) is 55.2. The van der Waals surface area contributed by atoms with Gasteiger partial charge in [0, 0.05) is 12.8 Å². The Kier molecular flexibility index (Phi) is 37.7. The summed E-state index contributed by atoms with van der Waals surface area (Å²) in [6, 6.07) is 0. The minimum absolute atomic E-state index is 0.0500. The standard InChI is InChI=1S/C48H82NO8P/c1-6-8-10-12-14-16-18-20-22-23-24-25-27-29-31-33-35-37-39-41-48(51)57-46(45-56-58(52,53)55-43-42-49(3,4)5)44-54-47(50)40-38-36-34-32-30-28-26-21-19-17-15-13-11-9-7-2/h8,10,14,16,20-22,24-26,29,31,35,37,46H,6-7,9,11-13,15,17-19,23,27-28,30,32-34,36,38-45H2,1-5H3/b10-8+,16-14+,22-20+,25-24+,26-21+,31-29-,37-35+/t46-/m1/s1. The number of carbonyl (C=O) groups excluding carboxylic acids is 2. The Morgan fingerprint density at radius 1 is 0.552 bits per heavy atom. The van der Waals surface area contributed by atoms with Gasteiger partial charge < -0.3 is 27.9 Å². The molecule has 0 aliphatic carbocycles. The number of carbonyl (C=O) groups is 2. The number of phosphoric ester groups is 1. The van der Waals surface area contributed by atoms with E-state index >= 15 is 0 Å². The number of hydrogen-bond acceptors (Lipinski definition) is 8. The Morgan fingerprint density at radius 2 is 1.02 bits per heavy atom. The van der Waals surface area contributed by atoms with Gasteiger partial charge >= 0.3 is 11.9 Å². The molecule has 10 heteroatoms. The molecule has 0 aliphatic rings. The van der Waals surface area contributed by atoms with Gasteiger partial charge in [0.25, 0.3) is 7.82 Å². The lowest BCUT2D eigenvalue weighted by Crippen LogP contribution is -2.37. The topological polar surface area (TPSA) is 111 Å². The SMILES string of the molecule is CC/C=C/C/C=C/C/C=C/C/C=C/C/C=C\C/C=C/CCC(=O)O[C@H](COC(=O)CCCCCCC/C=C/CCCCCCCC)COP(=O)([O-])OCC[N+](C)(C)C. The number of unbranched alkanes of at least 4 members (excludes halogenated alkanes) is 11. The smallest absolute Gasteiger partial charge is 0.306 e. The highest BCUT2D eigenvalue weighted by molar-refractivity contribution is 7.45.